The van der Waals surface area contributed by atoms with E-state index < -0.39 is 0 Å². The summed E-state index contributed by atoms with van der Waals surface area (Å²) in [6.07, 6.45) is 0. The van der Waals surface area contributed by atoms with Crippen LogP contribution in [0.25, 0.3) is 0 Å². The Balaban J connectivity index is -0.0000000450. The predicted octanol–water partition coefficient (Wildman–Crippen LogP) is -5.01. The molecule has 0 amide bonds. The Hall–Kier alpha value is 1.11. The largest absolute Gasteiger partial charge is 1.00 e. The van der Waals surface area contributed by atoms with Gasteiger partial charge in [0.2, 0.25) is 0 Å². The van der Waals surface area contributed by atoms with E-state index in [0.717, 1.165) is 4.78 Å². The summed E-state index contributed by atoms with van der Waals surface area (Å²) in [5, 5.41) is 0. The maximum Gasteiger partial charge on any atom is -1.00 e. The van der Waals surface area contributed by atoms with Gasteiger partial charge in [-0.1, -0.05) is 0 Å². The monoisotopic (exact) mass is 140 g/mol. The Labute approximate surface area is 59.9 Å². The molecule has 0 radical (unpaired) electrons. The molecule has 0 heterocycles. The number of hydrogen-bond acceptors (Lipinski definition) is 0. The van der Waals surface area contributed by atoms with E-state index in [2.05, 4.69) is 30.1 Å². The molecule has 0 aliphatic heterocycles. The van der Waals surface area contributed by atoms with Crippen LogP contribution in [0.4, 0.5) is 0 Å². The van der Waals surface area contributed by atoms with Crippen molar-refractivity contribution in [2.24, 2.45) is 0 Å². The van der Waals surface area contributed by atoms with E-state index in [1.54, 1.807) is 0 Å². The summed E-state index contributed by atoms with van der Waals surface area (Å²) in [7, 11) is 0. The minimum atomic E-state index is 0. The third-order valence-electron chi connectivity index (χ3n) is 0. The molecule has 0 saturated carbocycles. The second kappa shape index (κ2) is 9.45. The van der Waals surface area contributed by atoms with Crippen LogP contribution in [0.3, 0.4) is 0 Å². The molecule has 36 valence electrons. The van der Waals surface area contributed by atoms with Crippen molar-refractivity contribution in [3.05, 3.63) is 0 Å². The van der Waals surface area contributed by atoms with Gasteiger partial charge >= 0.3 is 34.9 Å². The van der Waals surface area contributed by atoms with Gasteiger partial charge < -0.3 is 24.8 Å². The summed E-state index contributed by atoms with van der Waals surface area (Å²) in [5.74, 6) is 0. The molecule has 0 aliphatic rings. The topological polar surface area (TPSA) is 0 Å². The zero-order chi connectivity index (χ0) is 3.58. The number of halogens is 2. The van der Waals surface area contributed by atoms with Crippen LogP contribution >= 0.6 is 0 Å². The molecule has 0 unspecified atom stereocenters. The quantitative estimate of drug-likeness (QED) is 0.296. The maximum atomic E-state index is 2.66. The molecule has 0 aromatic heterocycles. The Morgan fingerprint density at radius 2 is 1.17 bits per heavy atom. The normalized spacial score (nSPS) is 6.17. The zero-order valence-electron chi connectivity index (χ0n) is 3.91. The molecule has 0 saturated heterocycles. The predicted molar refractivity (Wildman–Crippen MR) is 20.9 cm³/mol. The van der Waals surface area contributed by atoms with E-state index in [9.17, 15) is 0 Å². The Bertz CT molecular complexity index is 13.5. The first-order chi connectivity index (χ1) is 1.73. The summed E-state index contributed by atoms with van der Waals surface area (Å²) in [6.45, 7) is 4.26. The number of rotatable bonds is 0. The van der Waals surface area contributed by atoms with E-state index in [4.69, 9.17) is 0 Å². The molecule has 0 aliphatic carbocycles. The first kappa shape index (κ1) is 15.7. The Morgan fingerprint density at radius 1 is 1.17 bits per heavy atom. The molecular formula is C3H7AlCl2. The van der Waals surface area contributed by atoms with Gasteiger partial charge in [0.25, 0.3) is 0 Å². The fourth-order valence-corrected chi connectivity index (χ4v) is 0. The van der Waals surface area contributed by atoms with Crippen molar-refractivity contribution < 1.29 is 24.8 Å². The number of hydrogen-bond donors (Lipinski definition) is 0. The molecule has 0 aromatic rings. The van der Waals surface area contributed by atoms with Gasteiger partial charge in [0.1, 0.15) is 0 Å². The van der Waals surface area contributed by atoms with Gasteiger partial charge in [0, 0.05) is 0 Å². The third-order valence-corrected chi connectivity index (χ3v) is 0. The van der Waals surface area contributed by atoms with Crippen molar-refractivity contribution in [1.29, 1.82) is 0 Å². The fourth-order valence-electron chi connectivity index (χ4n) is 0. The van der Waals surface area contributed by atoms with Crippen molar-refractivity contribution in [3.63, 3.8) is 0 Å². The molecule has 0 atom stereocenters. The van der Waals surface area contributed by atoms with Gasteiger partial charge in [-0.25, -0.2) is 0 Å². The average molecular weight is 141 g/mol. The van der Waals surface area contributed by atoms with Gasteiger partial charge in [0.15, 0.2) is 0 Å². The van der Waals surface area contributed by atoms with Crippen LogP contribution in [-0.4, -0.2) is 16.3 Å². The summed E-state index contributed by atoms with van der Waals surface area (Å²) >= 11 is 2.66. The Kier molecular flexibility index (Phi) is 24.7. The Morgan fingerprint density at radius 3 is 1.17 bits per heavy atom. The molecular weight excluding hydrogens is 134 g/mol. The molecule has 0 nitrogen and oxygen atoms in total. The molecule has 0 aromatic carbocycles. The third kappa shape index (κ3) is 69.9. The van der Waals surface area contributed by atoms with Gasteiger partial charge in [-0.15, -0.1) is 0 Å². The zero-order valence-corrected chi connectivity index (χ0v) is 6.58. The fraction of sp³-hybridized carbons (Fsp3) is 1.00. The van der Waals surface area contributed by atoms with Crippen LogP contribution in [0.15, 0.2) is 0 Å². The van der Waals surface area contributed by atoms with Crippen LogP contribution in [-0.2, 0) is 0 Å². The van der Waals surface area contributed by atoms with E-state index in [-0.39, 0.29) is 24.8 Å². The van der Waals surface area contributed by atoms with Crippen molar-refractivity contribution >= 4 is 16.3 Å². The van der Waals surface area contributed by atoms with Crippen molar-refractivity contribution in [3.8, 4) is 0 Å². The molecule has 0 N–H and O–H groups in total. The van der Waals surface area contributed by atoms with Gasteiger partial charge in [-0.05, 0) is 0 Å². The molecule has 0 spiro atoms. The SMILES string of the molecule is C[CH](C)[Al+2].[Cl-].[Cl-]. The van der Waals surface area contributed by atoms with Crippen LogP contribution in [0.5, 0.6) is 0 Å². The van der Waals surface area contributed by atoms with Crippen molar-refractivity contribution in [2.45, 2.75) is 18.6 Å². The van der Waals surface area contributed by atoms with E-state index in [0.29, 0.717) is 0 Å². The summed E-state index contributed by atoms with van der Waals surface area (Å²) < 4.78 is 0.750. The van der Waals surface area contributed by atoms with Gasteiger partial charge in [0.05, 0.1) is 0 Å². The molecule has 6 heavy (non-hydrogen) atoms. The molecule has 0 bridgehead atoms. The van der Waals surface area contributed by atoms with Crippen molar-refractivity contribution in [2.75, 3.05) is 0 Å². The van der Waals surface area contributed by atoms with E-state index in [1.165, 1.54) is 0 Å². The average Bonchev–Trinajstić information content (AvgIpc) is 0.811. The van der Waals surface area contributed by atoms with Crippen LogP contribution < -0.4 is 24.8 Å². The summed E-state index contributed by atoms with van der Waals surface area (Å²) in [4.78, 5) is 0. The van der Waals surface area contributed by atoms with E-state index in [1.807, 2.05) is 0 Å². The van der Waals surface area contributed by atoms with E-state index >= 15 is 0 Å². The minimum absolute atomic E-state index is 0. The van der Waals surface area contributed by atoms with Crippen LogP contribution in [0.2, 0.25) is 4.78 Å². The second-order valence-corrected chi connectivity index (χ2v) is 2.58. The standard InChI is InChI=1S/C3H7.Al.2ClH/c1-3-2;;;/h3H,1-2H3;;2*1H/q;+2;;/p-2. The second-order valence-electron chi connectivity index (χ2n) is 1.24. The summed E-state index contributed by atoms with van der Waals surface area (Å²) in [6, 6.07) is 0. The van der Waals surface area contributed by atoms with Crippen LogP contribution in [0, 0.1) is 0 Å². The van der Waals surface area contributed by atoms with Gasteiger partial charge in [-0.2, -0.15) is 0 Å². The smallest absolute Gasteiger partial charge is 1.00 e. The first-order valence-electron chi connectivity index (χ1n) is 1.49. The minimum Gasteiger partial charge on any atom is -1.00 e. The maximum absolute atomic E-state index is 2.66. The molecule has 0 fully saturated rings. The van der Waals surface area contributed by atoms with Crippen LogP contribution in [0.1, 0.15) is 13.8 Å². The summed E-state index contributed by atoms with van der Waals surface area (Å²) in [5.41, 5.74) is 0. The first-order valence-corrected chi connectivity index (χ1v) is 2.15. The van der Waals surface area contributed by atoms with Gasteiger partial charge in [-0.3, -0.25) is 0 Å². The molecule has 0 rings (SSSR count). The van der Waals surface area contributed by atoms with Crippen molar-refractivity contribution in [1.82, 2.24) is 0 Å². The molecule has 3 heteroatoms.